The van der Waals surface area contributed by atoms with Crippen LogP contribution in [0.2, 0.25) is 0 Å². The third-order valence-corrected chi connectivity index (χ3v) is 6.97. The van der Waals surface area contributed by atoms with Crippen molar-refractivity contribution in [2.24, 2.45) is 12.8 Å². The molecule has 0 saturated heterocycles. The molecule has 0 fully saturated rings. The van der Waals surface area contributed by atoms with E-state index < -0.39 is 0 Å². The van der Waals surface area contributed by atoms with Crippen molar-refractivity contribution >= 4 is 40.1 Å². The molecule has 0 aliphatic rings. The number of allylic oxidation sites excluding steroid dienone is 1. The maximum atomic E-state index is 13.6. The summed E-state index contributed by atoms with van der Waals surface area (Å²) in [5.41, 5.74) is 11.0. The number of fused-ring (bicyclic) bond motifs is 1. The second kappa shape index (κ2) is 15.5. The predicted octanol–water partition coefficient (Wildman–Crippen LogP) is 5.30. The van der Waals surface area contributed by atoms with Crippen LogP contribution < -0.4 is 16.0 Å². The Bertz CT molecular complexity index is 1530. The van der Waals surface area contributed by atoms with Gasteiger partial charge in [0, 0.05) is 50.0 Å². The lowest BCUT2D eigenvalue weighted by atomic mass is 10.1. The van der Waals surface area contributed by atoms with Gasteiger partial charge in [-0.25, -0.2) is 9.97 Å². The van der Waals surface area contributed by atoms with Gasteiger partial charge < -0.3 is 25.1 Å². The third-order valence-electron chi connectivity index (χ3n) is 6.97. The number of anilines is 2. The Morgan fingerprint density at radius 2 is 1.84 bits per heavy atom. The number of amides is 1. The molecule has 43 heavy (non-hydrogen) atoms. The monoisotopic (exact) mass is 584 g/mol. The zero-order valence-corrected chi connectivity index (χ0v) is 25.1. The summed E-state index contributed by atoms with van der Waals surface area (Å²) in [6.45, 7) is 6.15. The summed E-state index contributed by atoms with van der Waals surface area (Å²) in [7, 11) is 1.95. The van der Waals surface area contributed by atoms with E-state index in [0.717, 1.165) is 54.3 Å². The van der Waals surface area contributed by atoms with Gasteiger partial charge in [-0.2, -0.15) is 0 Å². The first kappa shape index (κ1) is 31.2. The number of hydrogen-bond acceptors (Lipinski definition) is 8. The lowest BCUT2D eigenvalue weighted by Crippen LogP contribution is -2.34. The van der Waals surface area contributed by atoms with Gasteiger partial charge in [-0.3, -0.25) is 14.5 Å². The van der Waals surface area contributed by atoms with Crippen LogP contribution in [0, 0.1) is 0 Å². The number of benzene rings is 2. The minimum atomic E-state index is -0.364. The van der Waals surface area contributed by atoms with Gasteiger partial charge in [-0.1, -0.05) is 24.3 Å². The number of imidazole rings is 1. The summed E-state index contributed by atoms with van der Waals surface area (Å²) in [5, 5.41) is 3.42. The highest BCUT2D eigenvalue weighted by Gasteiger charge is 2.21. The maximum Gasteiger partial charge on any atom is 0.307 e. The van der Waals surface area contributed by atoms with Gasteiger partial charge in [0.15, 0.2) is 0 Å². The highest BCUT2D eigenvalue weighted by atomic mass is 16.5. The highest BCUT2D eigenvalue weighted by Crippen LogP contribution is 2.22. The molecule has 4 rings (SSSR count). The summed E-state index contributed by atoms with van der Waals surface area (Å²) in [5.74, 6) is 0.656. The van der Waals surface area contributed by atoms with Crippen LogP contribution in [-0.4, -0.2) is 52.8 Å². The Kier molecular flexibility index (Phi) is 11.3. The van der Waals surface area contributed by atoms with Crippen molar-refractivity contribution in [2.75, 3.05) is 36.6 Å². The average molecular weight is 585 g/mol. The van der Waals surface area contributed by atoms with Crippen molar-refractivity contribution in [1.29, 1.82) is 0 Å². The molecule has 0 aliphatic carbocycles. The Labute approximate surface area is 252 Å². The number of nitrogens with one attached hydrogen (secondary N) is 1. The van der Waals surface area contributed by atoms with E-state index in [-0.39, 0.29) is 31.4 Å². The van der Waals surface area contributed by atoms with E-state index in [9.17, 15) is 9.59 Å². The number of unbranched alkanes of at least 4 members (excludes halogenated alkanes) is 1. The van der Waals surface area contributed by atoms with E-state index >= 15 is 0 Å². The van der Waals surface area contributed by atoms with Crippen LogP contribution in [0.4, 0.5) is 11.5 Å². The molecule has 0 bridgehead atoms. The van der Waals surface area contributed by atoms with Crippen molar-refractivity contribution in [1.82, 2.24) is 14.5 Å². The molecule has 226 valence electrons. The lowest BCUT2D eigenvalue weighted by molar-refractivity contribution is -0.142. The molecule has 3 N–H and O–H groups in total. The highest BCUT2D eigenvalue weighted by molar-refractivity contribution is 6.07. The van der Waals surface area contributed by atoms with Crippen molar-refractivity contribution in [3.8, 4) is 0 Å². The van der Waals surface area contributed by atoms with Crippen molar-refractivity contribution < 1.29 is 19.1 Å². The first-order valence-electron chi connectivity index (χ1n) is 14.6. The number of hydrogen-bond donors (Lipinski definition) is 2. The molecule has 2 aromatic carbocycles. The van der Waals surface area contributed by atoms with Gasteiger partial charge in [0.25, 0.3) is 5.91 Å². The topological polar surface area (TPSA) is 125 Å². The maximum absolute atomic E-state index is 13.6. The number of nitrogens with two attached hydrogens (primary N) is 1. The second-order valence-corrected chi connectivity index (χ2v) is 9.92. The third kappa shape index (κ3) is 8.42. The number of carbonyl (C=O) groups is 2. The van der Waals surface area contributed by atoms with Gasteiger partial charge in [0.2, 0.25) is 0 Å². The summed E-state index contributed by atoms with van der Waals surface area (Å²) in [6, 6.07) is 18.8. The van der Waals surface area contributed by atoms with Crippen LogP contribution in [0.3, 0.4) is 0 Å². The lowest BCUT2D eigenvalue weighted by Gasteiger charge is -2.21. The quantitative estimate of drug-likeness (QED) is 0.143. The zero-order valence-electron chi connectivity index (χ0n) is 25.1. The number of ether oxygens (including phenoxy) is 2. The first-order valence-corrected chi connectivity index (χ1v) is 14.6. The minimum Gasteiger partial charge on any atom is -0.466 e. The fourth-order valence-electron chi connectivity index (χ4n) is 4.63. The summed E-state index contributed by atoms with van der Waals surface area (Å²) in [6.07, 6.45) is 5.54. The van der Waals surface area contributed by atoms with Crippen LogP contribution in [0.1, 0.15) is 54.9 Å². The standard InChI is InChI=1S/C33H40N6O4/c1-4-42-21-9-7-10-27(34)24-12-15-26(16-13-24)36-23-31-37-28-22-25(14-17-29(28)38(31)3)33(41)39(20-18-32(40)43-5-2)30-11-6-8-19-35-30/h6,8,10-17,19,22,36H,4-5,7,9,18,20-21,23,34H2,1-3H3/b27-10+. The SMILES string of the molecule is CCOCCC/C=C(/N)c1ccc(NCc2nc3cc(C(=O)N(CCC(=O)OCC)c4ccccn4)ccc3n2C)cc1. The van der Waals surface area contributed by atoms with E-state index in [1.54, 1.807) is 43.5 Å². The van der Waals surface area contributed by atoms with Gasteiger partial charge in [-0.15, -0.1) is 0 Å². The number of pyridine rings is 1. The predicted molar refractivity (Wildman–Crippen MR) is 170 cm³/mol. The molecular weight excluding hydrogens is 544 g/mol. The number of aromatic nitrogens is 3. The van der Waals surface area contributed by atoms with Gasteiger partial charge in [0.05, 0.1) is 30.6 Å². The second-order valence-electron chi connectivity index (χ2n) is 9.92. The molecule has 2 heterocycles. The number of esters is 1. The van der Waals surface area contributed by atoms with E-state index in [4.69, 9.17) is 20.2 Å². The molecule has 0 spiro atoms. The fourth-order valence-corrected chi connectivity index (χ4v) is 4.63. The normalized spacial score (nSPS) is 11.5. The summed E-state index contributed by atoms with van der Waals surface area (Å²) in [4.78, 5) is 36.3. The number of rotatable bonds is 15. The van der Waals surface area contributed by atoms with E-state index in [2.05, 4.69) is 10.3 Å². The molecule has 0 aliphatic heterocycles. The molecule has 0 radical (unpaired) electrons. The molecule has 0 unspecified atom stereocenters. The Morgan fingerprint density at radius 1 is 1.05 bits per heavy atom. The van der Waals surface area contributed by atoms with Crippen molar-refractivity contribution in [3.63, 3.8) is 0 Å². The minimum absolute atomic E-state index is 0.0656. The van der Waals surface area contributed by atoms with E-state index in [1.807, 2.05) is 54.9 Å². The Hall–Kier alpha value is -4.70. The molecule has 0 saturated carbocycles. The molecular formula is C33H40N6O4. The van der Waals surface area contributed by atoms with Crippen LogP contribution >= 0.6 is 0 Å². The molecule has 0 atom stereocenters. The van der Waals surface area contributed by atoms with E-state index in [0.29, 0.717) is 23.4 Å². The Balaban J connectivity index is 1.44. The fraction of sp³-hybridized carbons (Fsp3) is 0.333. The van der Waals surface area contributed by atoms with Crippen molar-refractivity contribution in [2.45, 2.75) is 39.7 Å². The largest absolute Gasteiger partial charge is 0.466 e. The number of carbonyl (C=O) groups excluding carboxylic acids is 2. The zero-order chi connectivity index (χ0) is 30.6. The molecule has 10 heteroatoms. The first-order chi connectivity index (χ1) is 20.9. The van der Waals surface area contributed by atoms with Gasteiger partial charge >= 0.3 is 5.97 Å². The number of nitrogens with zero attached hydrogens (tertiary/aromatic N) is 4. The number of aryl methyl sites for hydroxylation is 1. The summed E-state index contributed by atoms with van der Waals surface area (Å²) < 4.78 is 12.4. The van der Waals surface area contributed by atoms with Crippen molar-refractivity contribution in [3.05, 3.63) is 89.9 Å². The van der Waals surface area contributed by atoms with Crippen LogP contribution in [0.15, 0.2) is 72.9 Å². The van der Waals surface area contributed by atoms with Crippen LogP contribution in [0.5, 0.6) is 0 Å². The molecule has 10 nitrogen and oxygen atoms in total. The molecule has 1 amide bonds. The summed E-state index contributed by atoms with van der Waals surface area (Å²) >= 11 is 0. The van der Waals surface area contributed by atoms with Crippen LogP contribution in [0.25, 0.3) is 16.7 Å². The Morgan fingerprint density at radius 3 is 2.56 bits per heavy atom. The van der Waals surface area contributed by atoms with Gasteiger partial charge in [-0.05, 0) is 74.7 Å². The average Bonchev–Trinajstić information content (AvgIpc) is 3.35. The van der Waals surface area contributed by atoms with Gasteiger partial charge in [0.1, 0.15) is 11.6 Å². The molecule has 4 aromatic rings. The molecule has 2 aromatic heterocycles. The van der Waals surface area contributed by atoms with Crippen LogP contribution in [-0.2, 0) is 27.9 Å². The van der Waals surface area contributed by atoms with E-state index in [1.165, 1.54) is 4.90 Å². The smallest absolute Gasteiger partial charge is 0.307 e.